The van der Waals surface area contributed by atoms with Gasteiger partial charge in [0.15, 0.2) is 5.96 Å². The Morgan fingerprint density at radius 1 is 1.23 bits per heavy atom. The lowest BCUT2D eigenvalue weighted by Crippen LogP contribution is -2.21. The molecule has 0 fully saturated rings. The Morgan fingerprint density at radius 3 is 2.08 bits per heavy atom. The van der Waals surface area contributed by atoms with Crippen molar-refractivity contribution in [3.63, 3.8) is 0 Å². The molecule has 1 aromatic rings. The molecular weight excluding hydrogens is 277 g/mol. The van der Waals surface area contributed by atoms with Gasteiger partial charge in [-0.05, 0) is 12.1 Å². The second kappa shape index (κ2) is 4.17. The lowest BCUT2D eigenvalue weighted by Gasteiger charge is -2.02. The molecule has 0 aromatic heterocycles. The third kappa shape index (κ3) is 2.76. The summed E-state index contributed by atoms with van der Waals surface area (Å²) in [6, 6.07) is 3.32. The highest BCUT2D eigenvalue weighted by Gasteiger charge is 2.06. The third-order valence-corrected chi connectivity index (χ3v) is 2.26. The largest absolute Gasteiger partial charge is 0.370 e. The predicted molar refractivity (Wildman–Crippen MR) is 59.6 cm³/mol. The van der Waals surface area contributed by atoms with Crippen molar-refractivity contribution in [3.05, 3.63) is 26.7 Å². The van der Waals surface area contributed by atoms with Gasteiger partial charge in [-0.15, -0.1) is 0 Å². The third-order valence-electron chi connectivity index (χ3n) is 1.22. The number of halogens is 3. The van der Waals surface area contributed by atoms with Crippen molar-refractivity contribution in [2.24, 2.45) is 16.5 Å². The number of aliphatic imine (C=N–C) groups is 1. The van der Waals surface area contributed by atoms with E-state index >= 15 is 0 Å². The molecule has 0 bridgehead atoms. The van der Waals surface area contributed by atoms with E-state index in [2.05, 4.69) is 20.9 Å². The van der Waals surface area contributed by atoms with Crippen molar-refractivity contribution in [2.75, 3.05) is 0 Å². The number of nitrogens with two attached hydrogens (primary N) is 2. The lowest BCUT2D eigenvalue weighted by molar-refractivity contribution is 1.42. The van der Waals surface area contributed by atoms with E-state index in [0.717, 1.165) is 4.47 Å². The summed E-state index contributed by atoms with van der Waals surface area (Å²) in [5.41, 5.74) is 10.8. The van der Waals surface area contributed by atoms with Crippen LogP contribution in [0.4, 0.5) is 5.69 Å². The smallest absolute Gasteiger partial charge is 0.191 e. The summed E-state index contributed by atoms with van der Waals surface area (Å²) in [6.07, 6.45) is 0. The molecule has 0 aliphatic carbocycles. The summed E-state index contributed by atoms with van der Waals surface area (Å²) in [4.78, 5) is 3.79. The molecule has 0 aliphatic rings. The minimum Gasteiger partial charge on any atom is -0.370 e. The van der Waals surface area contributed by atoms with E-state index in [1.54, 1.807) is 12.1 Å². The maximum absolute atomic E-state index is 5.85. The predicted octanol–water partition coefficient (Wildman–Crippen LogP) is 2.66. The van der Waals surface area contributed by atoms with Gasteiger partial charge in [-0.1, -0.05) is 39.1 Å². The van der Waals surface area contributed by atoms with Crippen LogP contribution in [0.1, 0.15) is 0 Å². The van der Waals surface area contributed by atoms with Crippen LogP contribution in [0.15, 0.2) is 21.6 Å². The molecular formula is C7H6BrCl2N3. The van der Waals surface area contributed by atoms with Gasteiger partial charge in [0.25, 0.3) is 0 Å². The molecule has 0 atom stereocenters. The fraction of sp³-hybridized carbons (Fsp3) is 0. The first kappa shape index (κ1) is 10.6. The van der Waals surface area contributed by atoms with Crippen LogP contribution in [0.25, 0.3) is 0 Å². The minimum absolute atomic E-state index is 0.0777. The molecule has 0 spiro atoms. The van der Waals surface area contributed by atoms with Crippen molar-refractivity contribution in [1.29, 1.82) is 0 Å². The molecule has 0 amide bonds. The van der Waals surface area contributed by atoms with Crippen molar-refractivity contribution in [3.8, 4) is 0 Å². The van der Waals surface area contributed by atoms with Crippen LogP contribution in [0, 0.1) is 0 Å². The number of hydrogen-bond donors (Lipinski definition) is 2. The standard InChI is InChI=1S/C7H6BrCl2N3/c8-3-1-4(9)6(5(10)2-3)13-7(11)12/h1-2H,(H4,11,12,13). The van der Waals surface area contributed by atoms with E-state index in [9.17, 15) is 0 Å². The maximum Gasteiger partial charge on any atom is 0.191 e. The van der Waals surface area contributed by atoms with Crippen molar-refractivity contribution in [1.82, 2.24) is 0 Å². The summed E-state index contributed by atoms with van der Waals surface area (Å²) < 4.78 is 0.775. The molecule has 0 saturated heterocycles. The van der Waals surface area contributed by atoms with E-state index in [4.69, 9.17) is 34.7 Å². The highest BCUT2D eigenvalue weighted by Crippen LogP contribution is 2.35. The molecule has 70 valence electrons. The van der Waals surface area contributed by atoms with Crippen LogP contribution in [0.2, 0.25) is 10.0 Å². The van der Waals surface area contributed by atoms with Crippen LogP contribution in [0.3, 0.4) is 0 Å². The molecule has 0 aliphatic heterocycles. The molecule has 0 heterocycles. The SMILES string of the molecule is NC(N)=Nc1c(Cl)cc(Br)cc1Cl. The fourth-order valence-corrected chi connectivity index (χ4v) is 2.06. The van der Waals surface area contributed by atoms with Crippen LogP contribution in [-0.4, -0.2) is 5.96 Å². The molecule has 0 radical (unpaired) electrons. The van der Waals surface area contributed by atoms with E-state index in [1.165, 1.54) is 0 Å². The Morgan fingerprint density at radius 2 is 1.69 bits per heavy atom. The first-order chi connectivity index (χ1) is 6.00. The van der Waals surface area contributed by atoms with Crippen LogP contribution < -0.4 is 11.5 Å². The van der Waals surface area contributed by atoms with Gasteiger partial charge in [0.2, 0.25) is 0 Å². The Kier molecular flexibility index (Phi) is 3.41. The number of benzene rings is 1. The van der Waals surface area contributed by atoms with Crippen LogP contribution in [0.5, 0.6) is 0 Å². The van der Waals surface area contributed by atoms with Gasteiger partial charge in [-0.25, -0.2) is 4.99 Å². The van der Waals surface area contributed by atoms with Gasteiger partial charge in [0.05, 0.1) is 10.0 Å². The molecule has 1 rings (SSSR count). The summed E-state index contributed by atoms with van der Waals surface area (Å²) in [7, 11) is 0. The van der Waals surface area contributed by atoms with E-state index in [0.29, 0.717) is 15.7 Å². The second-order valence-electron chi connectivity index (χ2n) is 2.25. The number of nitrogens with zero attached hydrogens (tertiary/aromatic N) is 1. The van der Waals surface area contributed by atoms with E-state index in [1.807, 2.05) is 0 Å². The topological polar surface area (TPSA) is 64.4 Å². The van der Waals surface area contributed by atoms with Gasteiger partial charge >= 0.3 is 0 Å². The van der Waals surface area contributed by atoms with Crippen LogP contribution >= 0.6 is 39.1 Å². The highest BCUT2D eigenvalue weighted by atomic mass is 79.9. The molecule has 0 saturated carbocycles. The summed E-state index contributed by atoms with van der Waals surface area (Å²) in [6.45, 7) is 0. The summed E-state index contributed by atoms with van der Waals surface area (Å²) in [5, 5.41) is 0.792. The zero-order valence-corrected chi connectivity index (χ0v) is 9.49. The Bertz CT molecular complexity index is 338. The van der Waals surface area contributed by atoms with Crippen molar-refractivity contribution >= 4 is 50.8 Å². The molecule has 3 nitrogen and oxygen atoms in total. The zero-order chi connectivity index (χ0) is 10.0. The first-order valence-corrected chi connectivity index (χ1v) is 4.80. The average molecular weight is 283 g/mol. The number of guanidine groups is 1. The van der Waals surface area contributed by atoms with Crippen molar-refractivity contribution < 1.29 is 0 Å². The number of rotatable bonds is 1. The van der Waals surface area contributed by atoms with Gasteiger partial charge in [0, 0.05) is 4.47 Å². The lowest BCUT2D eigenvalue weighted by atomic mass is 10.3. The first-order valence-electron chi connectivity index (χ1n) is 3.25. The van der Waals surface area contributed by atoms with E-state index < -0.39 is 0 Å². The van der Waals surface area contributed by atoms with Gasteiger partial charge in [-0.3, -0.25) is 0 Å². The maximum atomic E-state index is 5.85. The molecule has 0 unspecified atom stereocenters. The minimum atomic E-state index is -0.0777. The Hall–Kier alpha value is -0.450. The Labute approximate surface area is 93.8 Å². The van der Waals surface area contributed by atoms with Crippen molar-refractivity contribution in [2.45, 2.75) is 0 Å². The van der Waals surface area contributed by atoms with E-state index in [-0.39, 0.29) is 5.96 Å². The van der Waals surface area contributed by atoms with Crippen LogP contribution in [-0.2, 0) is 0 Å². The molecule has 13 heavy (non-hydrogen) atoms. The molecule has 4 N–H and O–H groups in total. The monoisotopic (exact) mass is 281 g/mol. The highest BCUT2D eigenvalue weighted by molar-refractivity contribution is 9.10. The molecule has 1 aromatic carbocycles. The summed E-state index contributed by atoms with van der Waals surface area (Å²) in [5.74, 6) is -0.0777. The fourth-order valence-electron chi connectivity index (χ4n) is 0.770. The Balaban J connectivity index is 3.29. The quantitative estimate of drug-likeness (QED) is 0.614. The zero-order valence-electron chi connectivity index (χ0n) is 6.39. The second-order valence-corrected chi connectivity index (χ2v) is 3.98. The number of hydrogen-bond acceptors (Lipinski definition) is 1. The molecule has 6 heteroatoms. The summed E-state index contributed by atoms with van der Waals surface area (Å²) >= 11 is 14.9. The van der Waals surface area contributed by atoms with Gasteiger partial charge in [0.1, 0.15) is 5.69 Å². The van der Waals surface area contributed by atoms with Gasteiger partial charge < -0.3 is 11.5 Å². The van der Waals surface area contributed by atoms with Gasteiger partial charge in [-0.2, -0.15) is 0 Å². The average Bonchev–Trinajstić information content (AvgIpc) is 1.96. The normalized spacial score (nSPS) is 9.77.